The SMILES string of the molecule is CO[C@H]1CCC[C@@H]2O[C@@]3(OC)[C@@H](OC)CCC[C@H]3O[C@]12OC. The lowest BCUT2D eigenvalue weighted by Gasteiger charge is -2.59. The van der Waals surface area contributed by atoms with Crippen LogP contribution in [0.3, 0.4) is 0 Å². The van der Waals surface area contributed by atoms with Gasteiger partial charge in [-0.05, 0) is 38.5 Å². The molecule has 0 bridgehead atoms. The fourth-order valence-corrected chi connectivity index (χ4v) is 4.41. The van der Waals surface area contributed by atoms with Crippen LogP contribution in [0, 0.1) is 0 Å². The molecule has 128 valence electrons. The van der Waals surface area contributed by atoms with E-state index in [0.29, 0.717) is 0 Å². The third-order valence-electron chi connectivity index (χ3n) is 5.52. The van der Waals surface area contributed by atoms with Gasteiger partial charge >= 0.3 is 0 Å². The molecule has 3 fully saturated rings. The third-order valence-corrected chi connectivity index (χ3v) is 5.52. The fraction of sp³-hybridized carbons (Fsp3) is 1.00. The van der Waals surface area contributed by atoms with E-state index in [1.165, 1.54) is 0 Å². The molecule has 1 heterocycles. The molecule has 0 N–H and O–H groups in total. The quantitative estimate of drug-likeness (QED) is 0.789. The Balaban J connectivity index is 1.95. The Morgan fingerprint density at radius 2 is 1.09 bits per heavy atom. The summed E-state index contributed by atoms with van der Waals surface area (Å²) < 4.78 is 35.9. The molecular formula is C16H28O6. The Morgan fingerprint density at radius 1 is 0.682 bits per heavy atom. The summed E-state index contributed by atoms with van der Waals surface area (Å²) in [6, 6.07) is 0. The molecule has 22 heavy (non-hydrogen) atoms. The lowest BCUT2D eigenvalue weighted by molar-refractivity contribution is -0.474. The molecule has 3 aliphatic rings. The zero-order valence-corrected chi connectivity index (χ0v) is 14.0. The Morgan fingerprint density at radius 3 is 1.41 bits per heavy atom. The number of ether oxygens (including phenoxy) is 6. The van der Waals surface area contributed by atoms with Crippen LogP contribution in [0.4, 0.5) is 0 Å². The first-order valence-electron chi connectivity index (χ1n) is 8.18. The van der Waals surface area contributed by atoms with E-state index in [2.05, 4.69) is 0 Å². The largest absolute Gasteiger partial charge is 0.376 e. The highest BCUT2D eigenvalue weighted by Gasteiger charge is 2.65. The van der Waals surface area contributed by atoms with E-state index in [9.17, 15) is 0 Å². The van der Waals surface area contributed by atoms with E-state index in [1.807, 2.05) is 0 Å². The highest BCUT2D eigenvalue weighted by Crippen LogP contribution is 2.50. The number of rotatable bonds is 4. The maximum Gasteiger partial charge on any atom is 0.222 e. The summed E-state index contributed by atoms with van der Waals surface area (Å²) in [6.07, 6.45) is 4.87. The Bertz CT molecular complexity index is 355. The Hall–Kier alpha value is -0.240. The average Bonchev–Trinajstić information content (AvgIpc) is 2.58. The molecule has 0 radical (unpaired) electrons. The molecule has 0 aromatic rings. The van der Waals surface area contributed by atoms with Gasteiger partial charge < -0.3 is 28.4 Å². The maximum atomic E-state index is 6.48. The summed E-state index contributed by atoms with van der Waals surface area (Å²) in [4.78, 5) is 0. The zero-order valence-electron chi connectivity index (χ0n) is 14.0. The minimum absolute atomic E-state index is 0.131. The molecule has 2 aliphatic carbocycles. The van der Waals surface area contributed by atoms with Gasteiger partial charge in [-0.1, -0.05) is 0 Å². The van der Waals surface area contributed by atoms with E-state index in [1.54, 1.807) is 28.4 Å². The van der Waals surface area contributed by atoms with Crippen LogP contribution in [0.1, 0.15) is 38.5 Å². The van der Waals surface area contributed by atoms with Crippen LogP contribution < -0.4 is 0 Å². The Kier molecular flexibility index (Phi) is 4.79. The first-order chi connectivity index (χ1) is 10.7. The van der Waals surface area contributed by atoms with E-state index >= 15 is 0 Å². The third kappa shape index (κ3) is 2.24. The number of hydrogen-bond donors (Lipinski definition) is 0. The summed E-state index contributed by atoms with van der Waals surface area (Å²) in [5, 5.41) is 0. The molecule has 1 aliphatic heterocycles. The molecule has 6 atom stereocenters. The van der Waals surface area contributed by atoms with Crippen LogP contribution in [0.15, 0.2) is 0 Å². The van der Waals surface area contributed by atoms with Gasteiger partial charge in [0.15, 0.2) is 0 Å². The lowest BCUT2D eigenvalue weighted by Crippen LogP contribution is -2.74. The second-order valence-electron chi connectivity index (χ2n) is 6.37. The van der Waals surface area contributed by atoms with Gasteiger partial charge in [-0.2, -0.15) is 0 Å². The normalized spacial score (nSPS) is 48.5. The monoisotopic (exact) mass is 316 g/mol. The van der Waals surface area contributed by atoms with E-state index in [-0.39, 0.29) is 24.4 Å². The Labute approximate surface area is 132 Å². The molecule has 0 aromatic carbocycles. The van der Waals surface area contributed by atoms with Crippen molar-refractivity contribution in [1.82, 2.24) is 0 Å². The average molecular weight is 316 g/mol. The summed E-state index contributed by atoms with van der Waals surface area (Å²) in [6.45, 7) is 0. The zero-order chi connectivity index (χ0) is 15.8. The van der Waals surface area contributed by atoms with E-state index in [0.717, 1.165) is 38.5 Å². The lowest BCUT2D eigenvalue weighted by atomic mass is 9.81. The van der Waals surface area contributed by atoms with Crippen LogP contribution >= 0.6 is 0 Å². The molecule has 6 heteroatoms. The van der Waals surface area contributed by atoms with Crippen molar-refractivity contribution in [3.05, 3.63) is 0 Å². The van der Waals surface area contributed by atoms with Gasteiger partial charge in [-0.25, -0.2) is 0 Å². The number of methoxy groups -OCH3 is 4. The second kappa shape index (κ2) is 6.34. The van der Waals surface area contributed by atoms with Crippen molar-refractivity contribution < 1.29 is 28.4 Å². The van der Waals surface area contributed by atoms with Crippen molar-refractivity contribution >= 4 is 0 Å². The van der Waals surface area contributed by atoms with Crippen molar-refractivity contribution in [2.75, 3.05) is 28.4 Å². The summed E-state index contributed by atoms with van der Waals surface area (Å²) >= 11 is 0. The molecule has 2 saturated carbocycles. The van der Waals surface area contributed by atoms with Gasteiger partial charge in [0.25, 0.3) is 0 Å². The topological polar surface area (TPSA) is 55.4 Å². The smallest absolute Gasteiger partial charge is 0.222 e. The molecular weight excluding hydrogens is 288 g/mol. The van der Waals surface area contributed by atoms with E-state index < -0.39 is 11.6 Å². The van der Waals surface area contributed by atoms with Gasteiger partial charge in [-0.15, -0.1) is 0 Å². The molecule has 0 unspecified atom stereocenters. The molecule has 0 amide bonds. The van der Waals surface area contributed by atoms with Gasteiger partial charge in [0, 0.05) is 28.4 Å². The van der Waals surface area contributed by atoms with Crippen LogP contribution in [0.2, 0.25) is 0 Å². The summed E-state index contributed by atoms with van der Waals surface area (Å²) in [5.41, 5.74) is 0. The van der Waals surface area contributed by atoms with Gasteiger partial charge in [-0.3, -0.25) is 0 Å². The van der Waals surface area contributed by atoms with Crippen LogP contribution in [-0.2, 0) is 28.4 Å². The fourth-order valence-electron chi connectivity index (χ4n) is 4.41. The van der Waals surface area contributed by atoms with Gasteiger partial charge in [0.05, 0.1) is 0 Å². The minimum atomic E-state index is -0.852. The summed E-state index contributed by atoms with van der Waals surface area (Å²) in [5.74, 6) is -1.70. The minimum Gasteiger partial charge on any atom is -0.376 e. The van der Waals surface area contributed by atoms with Crippen molar-refractivity contribution in [2.45, 2.75) is 74.5 Å². The van der Waals surface area contributed by atoms with Crippen molar-refractivity contribution in [3.8, 4) is 0 Å². The highest BCUT2D eigenvalue weighted by atomic mass is 16.8. The van der Waals surface area contributed by atoms with Crippen LogP contribution in [0.25, 0.3) is 0 Å². The molecule has 6 nitrogen and oxygen atoms in total. The van der Waals surface area contributed by atoms with Crippen LogP contribution in [-0.4, -0.2) is 64.4 Å². The molecule has 1 saturated heterocycles. The first kappa shape index (κ1) is 16.6. The van der Waals surface area contributed by atoms with Crippen LogP contribution in [0.5, 0.6) is 0 Å². The predicted molar refractivity (Wildman–Crippen MR) is 78.5 cm³/mol. The van der Waals surface area contributed by atoms with Gasteiger partial charge in [0.1, 0.15) is 24.4 Å². The molecule has 0 aromatic heterocycles. The molecule has 3 rings (SSSR count). The second-order valence-corrected chi connectivity index (χ2v) is 6.37. The van der Waals surface area contributed by atoms with Crippen molar-refractivity contribution in [1.29, 1.82) is 0 Å². The van der Waals surface area contributed by atoms with Crippen molar-refractivity contribution in [2.24, 2.45) is 0 Å². The molecule has 0 spiro atoms. The standard InChI is InChI=1S/C16H28O6/c1-17-11-7-5-9-13-15(11,19-3)21-14-10-6-8-12(18-2)16(14,20-4)22-13/h11-14H,5-10H2,1-4H3/t11-,12-,13-,14+,15+,16-/m0/s1. The maximum absolute atomic E-state index is 6.48. The number of fused-ring (bicyclic) bond motifs is 2. The summed E-state index contributed by atoms with van der Waals surface area (Å²) in [7, 11) is 6.75. The first-order valence-corrected chi connectivity index (χ1v) is 8.18. The van der Waals surface area contributed by atoms with Gasteiger partial charge in [0.2, 0.25) is 11.6 Å². The number of hydrogen-bond acceptors (Lipinski definition) is 6. The van der Waals surface area contributed by atoms with Crippen molar-refractivity contribution in [3.63, 3.8) is 0 Å². The highest BCUT2D eigenvalue weighted by molar-refractivity contribution is 5.04. The van der Waals surface area contributed by atoms with E-state index in [4.69, 9.17) is 28.4 Å². The predicted octanol–water partition coefficient (Wildman–Crippen LogP) is 1.85.